The number of aromatic nitrogens is 3. The van der Waals surface area contributed by atoms with Gasteiger partial charge >= 0.3 is 0 Å². The SMILES string of the molecule is Cc1c(C(=O)N2CCC(CN)CC2)nnn1-c1ccc2c(c1)OCCO2. The molecule has 1 aromatic heterocycles. The largest absolute Gasteiger partial charge is 0.486 e. The number of amides is 1. The number of rotatable bonds is 3. The molecule has 8 nitrogen and oxygen atoms in total. The van der Waals surface area contributed by atoms with Gasteiger partial charge in [-0.1, -0.05) is 5.21 Å². The minimum absolute atomic E-state index is 0.0678. The van der Waals surface area contributed by atoms with E-state index in [1.165, 1.54) is 0 Å². The van der Waals surface area contributed by atoms with E-state index in [1.54, 1.807) is 4.68 Å². The first-order valence-corrected chi connectivity index (χ1v) is 8.99. The second-order valence-corrected chi connectivity index (χ2v) is 6.73. The monoisotopic (exact) mass is 357 g/mol. The maximum Gasteiger partial charge on any atom is 0.276 e. The van der Waals surface area contributed by atoms with Crippen molar-refractivity contribution in [3.05, 3.63) is 29.6 Å². The summed E-state index contributed by atoms with van der Waals surface area (Å²) in [4.78, 5) is 14.7. The summed E-state index contributed by atoms with van der Waals surface area (Å²) in [5.74, 6) is 1.84. The van der Waals surface area contributed by atoms with E-state index in [9.17, 15) is 4.79 Å². The van der Waals surface area contributed by atoms with E-state index in [2.05, 4.69) is 10.3 Å². The predicted molar refractivity (Wildman–Crippen MR) is 94.8 cm³/mol. The lowest BCUT2D eigenvalue weighted by atomic mass is 9.97. The van der Waals surface area contributed by atoms with Crippen LogP contribution in [0.4, 0.5) is 0 Å². The molecule has 0 aliphatic carbocycles. The Morgan fingerprint density at radius 2 is 1.96 bits per heavy atom. The van der Waals surface area contributed by atoms with Crippen molar-refractivity contribution in [2.24, 2.45) is 11.7 Å². The van der Waals surface area contributed by atoms with Crippen LogP contribution in [0.5, 0.6) is 11.5 Å². The average Bonchev–Trinajstić information content (AvgIpc) is 3.08. The van der Waals surface area contributed by atoms with Crippen molar-refractivity contribution in [2.75, 3.05) is 32.8 Å². The lowest BCUT2D eigenvalue weighted by molar-refractivity contribution is 0.0686. The van der Waals surface area contributed by atoms with Gasteiger partial charge in [0.2, 0.25) is 0 Å². The highest BCUT2D eigenvalue weighted by Gasteiger charge is 2.27. The van der Waals surface area contributed by atoms with Gasteiger partial charge in [-0.3, -0.25) is 4.79 Å². The van der Waals surface area contributed by atoms with Crippen molar-refractivity contribution in [3.8, 4) is 17.2 Å². The van der Waals surface area contributed by atoms with Gasteiger partial charge in [0.25, 0.3) is 5.91 Å². The molecule has 0 saturated carbocycles. The number of benzene rings is 1. The van der Waals surface area contributed by atoms with Crippen LogP contribution in [0.15, 0.2) is 18.2 Å². The molecular weight excluding hydrogens is 334 g/mol. The smallest absolute Gasteiger partial charge is 0.276 e. The average molecular weight is 357 g/mol. The van der Waals surface area contributed by atoms with Gasteiger partial charge in [-0.25, -0.2) is 4.68 Å². The molecule has 1 saturated heterocycles. The van der Waals surface area contributed by atoms with Crippen molar-refractivity contribution in [2.45, 2.75) is 19.8 Å². The van der Waals surface area contributed by atoms with E-state index in [4.69, 9.17) is 15.2 Å². The lowest BCUT2D eigenvalue weighted by Crippen LogP contribution is -2.40. The first-order chi connectivity index (χ1) is 12.7. The van der Waals surface area contributed by atoms with Crippen LogP contribution in [0.25, 0.3) is 5.69 Å². The van der Waals surface area contributed by atoms with Crippen LogP contribution in [-0.4, -0.2) is 58.6 Å². The van der Waals surface area contributed by atoms with E-state index in [0.717, 1.165) is 37.4 Å². The number of likely N-dealkylation sites (tertiary alicyclic amines) is 1. The number of nitrogens with two attached hydrogens (primary N) is 1. The van der Waals surface area contributed by atoms with Crippen LogP contribution >= 0.6 is 0 Å². The Hall–Kier alpha value is -2.61. The predicted octanol–water partition coefficient (Wildman–Crippen LogP) is 1.16. The molecule has 2 aromatic rings. The molecule has 138 valence electrons. The second-order valence-electron chi connectivity index (χ2n) is 6.73. The molecule has 0 radical (unpaired) electrons. The summed E-state index contributed by atoms with van der Waals surface area (Å²) in [7, 11) is 0. The Bertz CT molecular complexity index is 811. The molecule has 4 rings (SSSR count). The molecule has 26 heavy (non-hydrogen) atoms. The number of fused-ring (bicyclic) bond motifs is 1. The van der Waals surface area contributed by atoms with Gasteiger partial charge < -0.3 is 20.1 Å². The minimum atomic E-state index is -0.0678. The Labute approximate surface area is 151 Å². The van der Waals surface area contributed by atoms with Gasteiger partial charge in [-0.2, -0.15) is 0 Å². The first-order valence-electron chi connectivity index (χ1n) is 8.99. The number of nitrogens with zero attached hydrogens (tertiary/aromatic N) is 4. The summed E-state index contributed by atoms with van der Waals surface area (Å²) in [5, 5.41) is 8.33. The molecule has 2 aliphatic heterocycles. The maximum atomic E-state index is 12.8. The molecular formula is C18H23N5O3. The fourth-order valence-electron chi connectivity index (χ4n) is 3.46. The van der Waals surface area contributed by atoms with E-state index < -0.39 is 0 Å². The number of ether oxygens (including phenoxy) is 2. The normalized spacial score (nSPS) is 17.4. The van der Waals surface area contributed by atoms with Crippen LogP contribution in [0.2, 0.25) is 0 Å². The Morgan fingerprint density at radius 1 is 1.23 bits per heavy atom. The third-order valence-electron chi connectivity index (χ3n) is 5.10. The Kier molecular flexibility index (Phi) is 4.50. The fraction of sp³-hybridized carbons (Fsp3) is 0.500. The third-order valence-corrected chi connectivity index (χ3v) is 5.10. The zero-order valence-corrected chi connectivity index (χ0v) is 14.9. The number of piperidine rings is 1. The van der Waals surface area contributed by atoms with Gasteiger partial charge in [0.1, 0.15) is 13.2 Å². The second kappa shape index (κ2) is 6.95. The molecule has 8 heteroatoms. The van der Waals surface area contributed by atoms with E-state index in [-0.39, 0.29) is 5.91 Å². The molecule has 0 atom stereocenters. The van der Waals surface area contributed by atoms with Crippen LogP contribution in [0, 0.1) is 12.8 Å². The van der Waals surface area contributed by atoms with E-state index in [1.807, 2.05) is 30.0 Å². The fourth-order valence-corrected chi connectivity index (χ4v) is 3.46. The zero-order chi connectivity index (χ0) is 18.1. The zero-order valence-electron chi connectivity index (χ0n) is 14.9. The highest BCUT2D eigenvalue weighted by Crippen LogP contribution is 2.32. The summed E-state index contributed by atoms with van der Waals surface area (Å²) >= 11 is 0. The third kappa shape index (κ3) is 3.01. The van der Waals surface area contributed by atoms with E-state index >= 15 is 0 Å². The van der Waals surface area contributed by atoms with Crippen molar-refractivity contribution in [1.82, 2.24) is 19.9 Å². The standard InChI is InChI=1S/C18H23N5O3/c1-12-17(18(24)22-6-4-13(11-19)5-7-22)20-21-23(12)14-2-3-15-16(10-14)26-9-8-25-15/h2-3,10,13H,4-9,11,19H2,1H3. The molecule has 2 N–H and O–H groups in total. The maximum absolute atomic E-state index is 12.8. The summed E-state index contributed by atoms with van der Waals surface area (Å²) in [6.45, 7) is 5.05. The van der Waals surface area contributed by atoms with E-state index in [0.29, 0.717) is 42.8 Å². The quantitative estimate of drug-likeness (QED) is 0.886. The number of hydrogen-bond acceptors (Lipinski definition) is 6. The van der Waals surface area contributed by atoms with Crippen LogP contribution < -0.4 is 15.2 Å². The van der Waals surface area contributed by atoms with Gasteiger partial charge in [-0.15, -0.1) is 5.10 Å². The molecule has 3 heterocycles. The Balaban J connectivity index is 1.56. The summed E-state index contributed by atoms with van der Waals surface area (Å²) in [6, 6.07) is 5.59. The highest BCUT2D eigenvalue weighted by atomic mass is 16.6. The molecule has 0 unspecified atom stereocenters. The van der Waals surface area contributed by atoms with Crippen molar-refractivity contribution in [1.29, 1.82) is 0 Å². The summed E-state index contributed by atoms with van der Waals surface area (Å²) in [6.07, 6.45) is 1.88. The van der Waals surface area contributed by atoms with Gasteiger partial charge in [0.15, 0.2) is 17.2 Å². The van der Waals surface area contributed by atoms with Crippen molar-refractivity contribution >= 4 is 5.91 Å². The summed E-state index contributed by atoms with van der Waals surface area (Å²) in [5.41, 5.74) is 7.63. The van der Waals surface area contributed by atoms with Crippen molar-refractivity contribution < 1.29 is 14.3 Å². The van der Waals surface area contributed by atoms with Gasteiger partial charge in [0.05, 0.1) is 11.4 Å². The molecule has 1 amide bonds. The Morgan fingerprint density at radius 3 is 2.69 bits per heavy atom. The molecule has 1 fully saturated rings. The molecule has 0 spiro atoms. The minimum Gasteiger partial charge on any atom is -0.486 e. The number of carbonyl (C=O) groups is 1. The van der Waals surface area contributed by atoms with Crippen molar-refractivity contribution in [3.63, 3.8) is 0 Å². The van der Waals surface area contributed by atoms with Gasteiger partial charge in [0, 0.05) is 19.2 Å². The molecule has 0 bridgehead atoms. The summed E-state index contributed by atoms with van der Waals surface area (Å²) < 4.78 is 12.8. The van der Waals surface area contributed by atoms with Crippen LogP contribution in [0.3, 0.4) is 0 Å². The topological polar surface area (TPSA) is 95.5 Å². The molecule has 2 aliphatic rings. The van der Waals surface area contributed by atoms with Gasteiger partial charge in [-0.05, 0) is 44.4 Å². The van der Waals surface area contributed by atoms with Crippen LogP contribution in [0.1, 0.15) is 29.0 Å². The highest BCUT2D eigenvalue weighted by molar-refractivity contribution is 5.93. The molecule has 1 aromatic carbocycles. The first kappa shape index (κ1) is 16.8. The lowest BCUT2D eigenvalue weighted by Gasteiger charge is -2.30. The number of hydrogen-bond donors (Lipinski definition) is 1. The number of carbonyl (C=O) groups excluding carboxylic acids is 1. The van der Waals surface area contributed by atoms with Crippen LogP contribution in [-0.2, 0) is 0 Å².